The molecule has 2 N–H and O–H groups in total. The Morgan fingerprint density at radius 3 is 2.20 bits per heavy atom. The summed E-state index contributed by atoms with van der Waals surface area (Å²) in [6, 6.07) is 23.9. The SMILES string of the molecule is COc1cccc(N2CCC(NC(=O)OCC3c4ccccc4-c4ccccc43)(C(=O)O)CC2)c1. The Morgan fingerprint density at radius 1 is 0.971 bits per heavy atom. The van der Waals surface area contributed by atoms with Crippen LogP contribution in [0.25, 0.3) is 11.1 Å². The van der Waals surface area contributed by atoms with Crippen molar-refractivity contribution in [2.75, 3.05) is 31.7 Å². The summed E-state index contributed by atoms with van der Waals surface area (Å²) in [4.78, 5) is 27.1. The number of methoxy groups -OCH3 is 1. The summed E-state index contributed by atoms with van der Waals surface area (Å²) in [6.07, 6.45) is -0.169. The third-order valence-electron chi connectivity index (χ3n) is 7.13. The van der Waals surface area contributed by atoms with E-state index in [1.165, 1.54) is 0 Å². The maximum absolute atomic E-state index is 12.8. The number of carbonyl (C=O) groups is 2. The molecule has 180 valence electrons. The Bertz CT molecular complexity index is 1200. The highest BCUT2D eigenvalue weighted by atomic mass is 16.5. The second kappa shape index (κ2) is 9.33. The number of hydrogen-bond donors (Lipinski definition) is 2. The van der Waals surface area contributed by atoms with Gasteiger partial charge in [-0.25, -0.2) is 9.59 Å². The maximum atomic E-state index is 12.8. The summed E-state index contributed by atoms with van der Waals surface area (Å²) in [7, 11) is 1.61. The number of aliphatic carboxylic acids is 1. The first kappa shape index (κ1) is 22.8. The minimum atomic E-state index is -1.36. The van der Waals surface area contributed by atoms with Crippen molar-refractivity contribution in [1.29, 1.82) is 0 Å². The zero-order valence-corrected chi connectivity index (χ0v) is 19.6. The third-order valence-corrected chi connectivity index (χ3v) is 7.13. The fourth-order valence-corrected chi connectivity index (χ4v) is 5.18. The second-order valence-corrected chi connectivity index (χ2v) is 9.03. The molecule has 7 heteroatoms. The van der Waals surface area contributed by atoms with Crippen molar-refractivity contribution in [3.8, 4) is 16.9 Å². The fraction of sp³-hybridized carbons (Fsp3) is 0.286. The number of piperidine rings is 1. The van der Waals surface area contributed by atoms with Gasteiger partial charge in [0, 0.05) is 30.8 Å². The number of carboxylic acid groups (broad SMARTS) is 1. The minimum absolute atomic E-state index is 0.0798. The number of ether oxygens (including phenoxy) is 2. The number of hydrogen-bond acceptors (Lipinski definition) is 5. The number of carboxylic acids is 1. The lowest BCUT2D eigenvalue weighted by molar-refractivity contribution is -0.145. The fourth-order valence-electron chi connectivity index (χ4n) is 5.18. The molecule has 5 rings (SSSR count). The van der Waals surface area contributed by atoms with Gasteiger partial charge in [-0.05, 0) is 47.2 Å². The molecule has 35 heavy (non-hydrogen) atoms. The van der Waals surface area contributed by atoms with Crippen molar-refractivity contribution >= 4 is 17.7 Å². The molecule has 1 heterocycles. The molecule has 1 saturated heterocycles. The molecule has 1 fully saturated rings. The number of benzene rings is 3. The van der Waals surface area contributed by atoms with Gasteiger partial charge >= 0.3 is 12.1 Å². The van der Waals surface area contributed by atoms with E-state index in [1.54, 1.807) is 7.11 Å². The molecule has 0 spiro atoms. The lowest BCUT2D eigenvalue weighted by Gasteiger charge is -2.40. The molecule has 0 unspecified atom stereocenters. The van der Waals surface area contributed by atoms with E-state index < -0.39 is 17.6 Å². The van der Waals surface area contributed by atoms with E-state index in [2.05, 4.69) is 22.3 Å². The number of amides is 1. The van der Waals surface area contributed by atoms with Gasteiger partial charge in [0.1, 0.15) is 17.9 Å². The molecule has 3 aromatic carbocycles. The number of rotatable bonds is 6. The van der Waals surface area contributed by atoms with Gasteiger partial charge in [0.25, 0.3) is 0 Å². The molecule has 7 nitrogen and oxygen atoms in total. The van der Waals surface area contributed by atoms with Gasteiger partial charge in [0.2, 0.25) is 0 Å². The quantitative estimate of drug-likeness (QED) is 0.543. The maximum Gasteiger partial charge on any atom is 0.408 e. The van der Waals surface area contributed by atoms with Crippen molar-refractivity contribution in [2.24, 2.45) is 0 Å². The van der Waals surface area contributed by atoms with E-state index in [0.717, 1.165) is 33.7 Å². The number of nitrogens with zero attached hydrogens (tertiary/aromatic N) is 1. The Labute approximate surface area is 204 Å². The van der Waals surface area contributed by atoms with Crippen molar-refractivity contribution in [1.82, 2.24) is 5.32 Å². The van der Waals surface area contributed by atoms with Gasteiger partial charge in [0.15, 0.2) is 0 Å². The van der Waals surface area contributed by atoms with Crippen LogP contribution in [0, 0.1) is 0 Å². The monoisotopic (exact) mass is 472 g/mol. The van der Waals surface area contributed by atoms with Crippen molar-refractivity contribution in [2.45, 2.75) is 24.3 Å². The van der Waals surface area contributed by atoms with E-state index in [1.807, 2.05) is 60.7 Å². The van der Waals surface area contributed by atoms with Gasteiger partial charge in [-0.1, -0.05) is 54.6 Å². The first-order valence-electron chi connectivity index (χ1n) is 11.8. The van der Waals surface area contributed by atoms with Crippen LogP contribution in [-0.2, 0) is 9.53 Å². The van der Waals surface area contributed by atoms with Crippen LogP contribution in [-0.4, -0.2) is 49.5 Å². The molecule has 2 aliphatic rings. The van der Waals surface area contributed by atoms with Crippen LogP contribution in [0.1, 0.15) is 29.9 Å². The van der Waals surface area contributed by atoms with E-state index in [0.29, 0.717) is 13.1 Å². The summed E-state index contributed by atoms with van der Waals surface area (Å²) in [5.41, 5.74) is 4.11. The topological polar surface area (TPSA) is 88.1 Å². The lowest BCUT2D eigenvalue weighted by Crippen LogP contribution is -2.60. The van der Waals surface area contributed by atoms with Crippen molar-refractivity contribution in [3.05, 3.63) is 83.9 Å². The molecule has 3 aromatic rings. The summed E-state index contributed by atoms with van der Waals surface area (Å²) >= 11 is 0. The molecule has 1 aliphatic heterocycles. The Morgan fingerprint density at radius 2 is 1.60 bits per heavy atom. The van der Waals surface area contributed by atoms with Crippen LogP contribution in [0.2, 0.25) is 0 Å². The van der Waals surface area contributed by atoms with Gasteiger partial charge in [-0.15, -0.1) is 0 Å². The van der Waals surface area contributed by atoms with E-state index in [-0.39, 0.29) is 25.4 Å². The number of carbonyl (C=O) groups excluding carboxylic acids is 1. The molecule has 0 atom stereocenters. The summed E-state index contributed by atoms with van der Waals surface area (Å²) in [5, 5.41) is 12.7. The van der Waals surface area contributed by atoms with E-state index in [4.69, 9.17) is 9.47 Å². The standard InChI is InChI=1S/C28H28N2O5/c1-34-20-8-6-7-19(17-20)30-15-13-28(14-16-30,26(31)32)29-27(33)35-18-25-23-11-4-2-9-21(23)22-10-3-5-12-24(22)25/h2-12,17,25H,13-16,18H2,1H3,(H,29,33)(H,31,32). The van der Waals surface area contributed by atoms with Crippen LogP contribution in [0.3, 0.4) is 0 Å². The highest BCUT2D eigenvalue weighted by Gasteiger charge is 2.43. The molecule has 0 saturated carbocycles. The normalized spacial score (nSPS) is 16.2. The summed E-state index contributed by atoms with van der Waals surface area (Å²) in [5.74, 6) is -0.380. The molecule has 1 aliphatic carbocycles. The van der Waals surface area contributed by atoms with E-state index in [9.17, 15) is 14.7 Å². The smallest absolute Gasteiger partial charge is 0.408 e. The van der Waals surface area contributed by atoms with Gasteiger partial charge < -0.3 is 24.8 Å². The van der Waals surface area contributed by atoms with Crippen LogP contribution < -0.4 is 15.0 Å². The first-order valence-corrected chi connectivity index (χ1v) is 11.8. The molecule has 1 amide bonds. The Hall–Kier alpha value is -4.00. The number of nitrogens with one attached hydrogen (secondary N) is 1. The molecule has 0 radical (unpaired) electrons. The highest BCUT2D eigenvalue weighted by Crippen LogP contribution is 2.44. The summed E-state index contributed by atoms with van der Waals surface area (Å²) < 4.78 is 10.9. The number of fused-ring (bicyclic) bond motifs is 3. The third kappa shape index (κ3) is 4.30. The average Bonchev–Trinajstić information content (AvgIpc) is 3.21. The van der Waals surface area contributed by atoms with Gasteiger partial charge in [-0.2, -0.15) is 0 Å². The van der Waals surface area contributed by atoms with Crippen molar-refractivity contribution < 1.29 is 24.2 Å². The largest absolute Gasteiger partial charge is 0.497 e. The number of alkyl carbamates (subject to hydrolysis) is 1. The van der Waals surface area contributed by atoms with Crippen LogP contribution in [0.5, 0.6) is 5.75 Å². The zero-order valence-electron chi connectivity index (χ0n) is 19.6. The van der Waals surface area contributed by atoms with Gasteiger partial charge in [-0.3, -0.25) is 0 Å². The summed E-state index contributed by atoms with van der Waals surface area (Å²) in [6.45, 7) is 1.12. The predicted octanol–water partition coefficient (Wildman–Crippen LogP) is 4.66. The van der Waals surface area contributed by atoms with Crippen LogP contribution in [0.15, 0.2) is 72.8 Å². The Balaban J connectivity index is 1.25. The van der Waals surface area contributed by atoms with Crippen LogP contribution >= 0.6 is 0 Å². The lowest BCUT2D eigenvalue weighted by atomic mass is 9.87. The molecular weight excluding hydrogens is 444 g/mol. The van der Waals surface area contributed by atoms with Crippen molar-refractivity contribution in [3.63, 3.8) is 0 Å². The predicted molar refractivity (Wildman–Crippen MR) is 133 cm³/mol. The zero-order chi connectivity index (χ0) is 24.4. The number of anilines is 1. The van der Waals surface area contributed by atoms with Gasteiger partial charge in [0.05, 0.1) is 7.11 Å². The molecule has 0 aromatic heterocycles. The minimum Gasteiger partial charge on any atom is -0.497 e. The Kier molecular flexibility index (Phi) is 6.07. The van der Waals surface area contributed by atoms with Crippen LogP contribution in [0.4, 0.5) is 10.5 Å². The first-order chi connectivity index (χ1) is 17.0. The molecular formula is C28H28N2O5. The highest BCUT2D eigenvalue weighted by molar-refractivity contribution is 5.85. The molecule has 0 bridgehead atoms. The average molecular weight is 473 g/mol. The van der Waals surface area contributed by atoms with E-state index >= 15 is 0 Å². The second-order valence-electron chi connectivity index (χ2n) is 9.03.